The summed E-state index contributed by atoms with van der Waals surface area (Å²) in [5.41, 5.74) is -0.554. The Morgan fingerprint density at radius 2 is 1.60 bits per heavy atom. The van der Waals surface area contributed by atoms with Crippen LogP contribution < -0.4 is 0 Å². The zero-order valence-corrected chi connectivity index (χ0v) is 8.44. The maximum atomic E-state index is 13.3. The standard InChI is InChI=1S/C10H11F3O2/c1-14-4-6-3-8(11)7(5-15-2)10(13)9(6)12/h3H,4-5H2,1-2H3. The topological polar surface area (TPSA) is 18.5 Å². The summed E-state index contributed by atoms with van der Waals surface area (Å²) in [6.07, 6.45) is 0. The highest BCUT2D eigenvalue weighted by atomic mass is 19.2. The Kier molecular flexibility index (Phi) is 4.11. The van der Waals surface area contributed by atoms with Crippen molar-refractivity contribution in [2.75, 3.05) is 14.2 Å². The molecule has 84 valence electrons. The molecule has 0 N–H and O–H groups in total. The Hall–Kier alpha value is -1.07. The Bertz CT molecular complexity index is 353. The average molecular weight is 220 g/mol. The van der Waals surface area contributed by atoms with E-state index in [9.17, 15) is 13.2 Å². The molecule has 0 saturated heterocycles. The molecule has 0 saturated carbocycles. The van der Waals surface area contributed by atoms with Gasteiger partial charge in [-0.2, -0.15) is 0 Å². The second-order valence-electron chi connectivity index (χ2n) is 2.99. The number of ether oxygens (including phenoxy) is 2. The van der Waals surface area contributed by atoms with Crippen molar-refractivity contribution in [1.82, 2.24) is 0 Å². The van der Waals surface area contributed by atoms with Crippen LogP contribution in [0.25, 0.3) is 0 Å². The SMILES string of the molecule is COCc1cc(F)c(COC)c(F)c1F. The van der Waals surface area contributed by atoms with Crippen molar-refractivity contribution in [3.63, 3.8) is 0 Å². The second-order valence-corrected chi connectivity index (χ2v) is 2.99. The normalized spacial score (nSPS) is 10.7. The molecule has 0 unspecified atom stereocenters. The third-order valence-corrected chi connectivity index (χ3v) is 1.92. The summed E-state index contributed by atoms with van der Waals surface area (Å²) in [6, 6.07) is 0.913. The Morgan fingerprint density at radius 1 is 1.00 bits per heavy atom. The second kappa shape index (κ2) is 5.14. The third-order valence-electron chi connectivity index (χ3n) is 1.92. The molecule has 0 aromatic heterocycles. The van der Waals surface area contributed by atoms with Crippen LogP contribution in [-0.2, 0) is 22.7 Å². The van der Waals surface area contributed by atoms with Gasteiger partial charge in [0.25, 0.3) is 0 Å². The molecule has 15 heavy (non-hydrogen) atoms. The minimum atomic E-state index is -1.22. The molecular formula is C10H11F3O2. The molecule has 0 aliphatic rings. The summed E-state index contributed by atoms with van der Waals surface area (Å²) in [7, 11) is 2.60. The molecule has 0 aliphatic heterocycles. The molecule has 0 fully saturated rings. The van der Waals surface area contributed by atoms with E-state index in [4.69, 9.17) is 0 Å². The van der Waals surface area contributed by atoms with Crippen LogP contribution in [0.1, 0.15) is 11.1 Å². The van der Waals surface area contributed by atoms with Gasteiger partial charge < -0.3 is 9.47 Å². The molecule has 0 heterocycles. The van der Waals surface area contributed by atoms with Crippen molar-refractivity contribution in [3.05, 3.63) is 34.6 Å². The van der Waals surface area contributed by atoms with Crippen molar-refractivity contribution in [3.8, 4) is 0 Å². The van der Waals surface area contributed by atoms with Crippen molar-refractivity contribution < 1.29 is 22.6 Å². The largest absolute Gasteiger partial charge is 0.380 e. The summed E-state index contributed by atoms with van der Waals surface area (Å²) >= 11 is 0. The highest BCUT2D eigenvalue weighted by Crippen LogP contribution is 2.21. The summed E-state index contributed by atoms with van der Waals surface area (Å²) in [5, 5.41) is 0. The Labute approximate surface area is 85.6 Å². The average Bonchev–Trinajstić information content (AvgIpc) is 2.21. The molecule has 0 bridgehead atoms. The van der Waals surface area contributed by atoms with Gasteiger partial charge in [-0.25, -0.2) is 13.2 Å². The highest BCUT2D eigenvalue weighted by Gasteiger charge is 2.18. The first-order chi connectivity index (χ1) is 7.11. The van der Waals surface area contributed by atoms with E-state index in [2.05, 4.69) is 9.47 Å². The number of halogens is 3. The smallest absolute Gasteiger partial charge is 0.167 e. The number of rotatable bonds is 4. The van der Waals surface area contributed by atoms with Gasteiger partial charge in [0.1, 0.15) is 5.82 Å². The molecule has 0 amide bonds. The van der Waals surface area contributed by atoms with Gasteiger partial charge in [0.15, 0.2) is 11.6 Å². The monoisotopic (exact) mass is 220 g/mol. The van der Waals surface area contributed by atoms with Crippen molar-refractivity contribution in [2.24, 2.45) is 0 Å². The van der Waals surface area contributed by atoms with E-state index < -0.39 is 23.0 Å². The van der Waals surface area contributed by atoms with Crippen molar-refractivity contribution in [2.45, 2.75) is 13.2 Å². The van der Waals surface area contributed by atoms with Gasteiger partial charge in [-0.15, -0.1) is 0 Å². The van der Waals surface area contributed by atoms with Crippen LogP contribution in [0.4, 0.5) is 13.2 Å². The molecule has 0 spiro atoms. The number of benzene rings is 1. The molecule has 0 aliphatic carbocycles. The summed E-state index contributed by atoms with van der Waals surface area (Å²) in [4.78, 5) is 0. The lowest BCUT2D eigenvalue weighted by atomic mass is 10.1. The predicted octanol–water partition coefficient (Wildman–Crippen LogP) is 2.40. The third kappa shape index (κ3) is 2.49. The fraction of sp³-hybridized carbons (Fsp3) is 0.400. The molecule has 1 rings (SSSR count). The quantitative estimate of drug-likeness (QED) is 0.725. The van der Waals surface area contributed by atoms with E-state index in [1.54, 1.807) is 0 Å². The lowest BCUT2D eigenvalue weighted by Crippen LogP contribution is -2.05. The van der Waals surface area contributed by atoms with Gasteiger partial charge in [0.05, 0.1) is 18.8 Å². The van der Waals surface area contributed by atoms with Crippen molar-refractivity contribution >= 4 is 0 Å². The minimum absolute atomic E-state index is 0.146. The zero-order valence-electron chi connectivity index (χ0n) is 8.44. The number of hydrogen-bond donors (Lipinski definition) is 0. The molecule has 0 atom stereocenters. The fourth-order valence-electron chi connectivity index (χ4n) is 1.22. The number of hydrogen-bond acceptors (Lipinski definition) is 2. The molecule has 0 radical (unpaired) electrons. The molecular weight excluding hydrogens is 209 g/mol. The van der Waals surface area contributed by atoms with E-state index >= 15 is 0 Å². The maximum Gasteiger partial charge on any atom is 0.167 e. The Morgan fingerprint density at radius 3 is 2.13 bits per heavy atom. The van der Waals surface area contributed by atoms with Gasteiger partial charge in [-0.1, -0.05) is 0 Å². The first-order valence-corrected chi connectivity index (χ1v) is 4.25. The zero-order chi connectivity index (χ0) is 11.4. The number of methoxy groups -OCH3 is 2. The summed E-state index contributed by atoms with van der Waals surface area (Å²) in [6.45, 7) is -0.477. The summed E-state index contributed by atoms with van der Waals surface area (Å²) < 4.78 is 49.0. The molecule has 5 heteroatoms. The Balaban J connectivity index is 3.18. The highest BCUT2D eigenvalue weighted by molar-refractivity contribution is 5.27. The first kappa shape index (κ1) is 12.0. The summed E-state index contributed by atoms with van der Waals surface area (Å²) in [5.74, 6) is -3.14. The van der Waals surface area contributed by atoms with Gasteiger partial charge >= 0.3 is 0 Å². The minimum Gasteiger partial charge on any atom is -0.380 e. The van der Waals surface area contributed by atoms with E-state index in [0.29, 0.717) is 0 Å². The van der Waals surface area contributed by atoms with E-state index in [1.807, 2.05) is 0 Å². The lowest BCUT2D eigenvalue weighted by Gasteiger charge is -2.08. The fourth-order valence-corrected chi connectivity index (χ4v) is 1.22. The van der Waals surface area contributed by atoms with E-state index in [-0.39, 0.29) is 18.8 Å². The van der Waals surface area contributed by atoms with Gasteiger partial charge in [-0.3, -0.25) is 0 Å². The first-order valence-electron chi connectivity index (χ1n) is 4.25. The molecule has 2 nitrogen and oxygen atoms in total. The predicted molar refractivity (Wildman–Crippen MR) is 47.7 cm³/mol. The van der Waals surface area contributed by atoms with E-state index in [1.165, 1.54) is 14.2 Å². The van der Waals surface area contributed by atoms with E-state index in [0.717, 1.165) is 6.07 Å². The van der Waals surface area contributed by atoms with Crippen molar-refractivity contribution in [1.29, 1.82) is 0 Å². The van der Waals surface area contributed by atoms with Gasteiger partial charge in [-0.05, 0) is 6.07 Å². The molecule has 1 aromatic carbocycles. The van der Waals surface area contributed by atoms with Gasteiger partial charge in [0, 0.05) is 19.8 Å². The lowest BCUT2D eigenvalue weighted by molar-refractivity contribution is 0.171. The molecule has 1 aromatic rings. The van der Waals surface area contributed by atoms with Crippen LogP contribution in [0, 0.1) is 17.5 Å². The van der Waals surface area contributed by atoms with Crippen LogP contribution in [0.5, 0.6) is 0 Å². The maximum absolute atomic E-state index is 13.3. The van der Waals surface area contributed by atoms with Crippen LogP contribution in [0.15, 0.2) is 6.07 Å². The van der Waals surface area contributed by atoms with Gasteiger partial charge in [0.2, 0.25) is 0 Å². The van der Waals surface area contributed by atoms with Crippen LogP contribution in [0.2, 0.25) is 0 Å². The van der Waals surface area contributed by atoms with Crippen LogP contribution in [-0.4, -0.2) is 14.2 Å². The van der Waals surface area contributed by atoms with Crippen LogP contribution in [0.3, 0.4) is 0 Å². The van der Waals surface area contributed by atoms with Crippen LogP contribution >= 0.6 is 0 Å².